The van der Waals surface area contributed by atoms with Crippen LogP contribution in [0.25, 0.3) is 0 Å². The molecule has 12 atom stereocenters. The highest BCUT2D eigenvalue weighted by atomic mass is 16.7. The average molecular weight is 790 g/mol. The van der Waals surface area contributed by atoms with Crippen molar-refractivity contribution in [3.8, 4) is 11.5 Å². The number of nitrogens with one attached hydrogen (secondary N) is 1. The molecule has 55 heavy (non-hydrogen) atoms. The van der Waals surface area contributed by atoms with Gasteiger partial charge in [-0.3, -0.25) is 24.0 Å². The quantitative estimate of drug-likeness (QED) is 0.0673. The Morgan fingerprint density at radius 1 is 0.891 bits per heavy atom. The Labute approximate surface area is 314 Å². The highest BCUT2D eigenvalue weighted by Crippen LogP contribution is 2.40. The Kier molecular flexibility index (Phi) is 16.1. The first-order chi connectivity index (χ1) is 25.9. The van der Waals surface area contributed by atoms with E-state index < -0.39 is 128 Å². The number of benzene rings is 1. The van der Waals surface area contributed by atoms with Gasteiger partial charge in [0.05, 0.1) is 26.9 Å². The molecule has 2 aliphatic heterocycles. The summed E-state index contributed by atoms with van der Waals surface area (Å²) in [6, 6.07) is 4.45. The molecule has 0 aromatic heterocycles. The molecule has 0 unspecified atom stereocenters. The highest BCUT2D eigenvalue weighted by Gasteiger charge is 2.63. The molecule has 0 radical (unpaired) electrons. The minimum absolute atomic E-state index is 0.141. The first kappa shape index (κ1) is 44.8. The maximum Gasteiger partial charge on any atom is 0.343 e. The number of amides is 1. The monoisotopic (exact) mass is 789 g/mol. The largest absolute Gasteiger partial charge is 0.497 e. The van der Waals surface area contributed by atoms with E-state index >= 15 is 0 Å². The van der Waals surface area contributed by atoms with E-state index in [2.05, 4.69) is 5.32 Å². The van der Waals surface area contributed by atoms with Gasteiger partial charge in [-0.1, -0.05) is 0 Å². The fourth-order valence-corrected chi connectivity index (χ4v) is 6.09. The van der Waals surface area contributed by atoms with E-state index in [-0.39, 0.29) is 5.75 Å². The lowest BCUT2D eigenvalue weighted by molar-refractivity contribution is -0.343. The van der Waals surface area contributed by atoms with Gasteiger partial charge in [0.1, 0.15) is 54.7 Å². The maximum absolute atomic E-state index is 13.8. The Balaban J connectivity index is 2.17. The van der Waals surface area contributed by atoms with Gasteiger partial charge in [0.15, 0.2) is 18.5 Å². The molecule has 0 saturated carbocycles. The predicted molar refractivity (Wildman–Crippen MR) is 177 cm³/mol. The molecule has 0 bridgehead atoms. The summed E-state index contributed by atoms with van der Waals surface area (Å²) >= 11 is 0. The Bertz CT molecular complexity index is 1510. The van der Waals surface area contributed by atoms with Crippen LogP contribution in [0.5, 0.6) is 11.5 Å². The minimum Gasteiger partial charge on any atom is -0.497 e. The van der Waals surface area contributed by atoms with E-state index in [1.807, 2.05) is 0 Å². The molecule has 2 aliphatic rings. The van der Waals surface area contributed by atoms with Crippen LogP contribution in [0.1, 0.15) is 41.0 Å². The van der Waals surface area contributed by atoms with Gasteiger partial charge in [-0.2, -0.15) is 0 Å². The van der Waals surface area contributed by atoms with Gasteiger partial charge in [0, 0.05) is 41.0 Å². The van der Waals surface area contributed by atoms with Crippen molar-refractivity contribution in [1.82, 2.24) is 5.32 Å². The lowest BCUT2D eigenvalue weighted by Crippen LogP contribution is -2.72. The first-order valence-electron chi connectivity index (χ1n) is 16.8. The van der Waals surface area contributed by atoms with Crippen LogP contribution in [0.4, 0.5) is 0 Å². The molecule has 5 N–H and O–H groups in total. The number of methoxy groups -OCH3 is 2. The maximum atomic E-state index is 13.8. The van der Waals surface area contributed by atoms with Crippen LogP contribution >= 0.6 is 0 Å². The van der Waals surface area contributed by atoms with E-state index in [0.717, 1.165) is 41.7 Å². The number of aliphatic hydroxyl groups is 4. The summed E-state index contributed by atoms with van der Waals surface area (Å²) in [6.07, 6.45) is -19.6. The van der Waals surface area contributed by atoms with Crippen molar-refractivity contribution in [3.63, 3.8) is 0 Å². The molecule has 2 heterocycles. The second kappa shape index (κ2) is 19.8. The number of aliphatic hydroxyl groups excluding tert-OH is 4. The minimum atomic E-state index is -2.84. The topological polar surface area (TPSA) is 288 Å². The molecule has 1 aromatic rings. The van der Waals surface area contributed by atoms with Crippen LogP contribution in [0.15, 0.2) is 24.3 Å². The second-order valence-corrected chi connectivity index (χ2v) is 12.5. The smallest absolute Gasteiger partial charge is 0.343 e. The standard InChI is InChI=1S/C34H47NO20/c1-15(37)35-25-22(49-17(3)39)12-34(32(44)47-7,55-29(25)28(51-19(5)41)24(50-18(4)40)14-48-16(2)38)33(45)54-30-26(42)23(13-36)53-31(27(30)43)52-21-10-8-20(46-6)9-11-21/h8-11,22-31,33,36,42-43,45H,12-14H2,1-7H3,(H,35,37)/t22-,23+,24+,25+,26-,27+,28+,29+,30-,31+,33+,34+/m0/s1. The molecular formula is C34H47NO20. The molecule has 2 saturated heterocycles. The van der Waals surface area contributed by atoms with Gasteiger partial charge < -0.3 is 73.1 Å². The van der Waals surface area contributed by atoms with Crippen molar-refractivity contribution in [2.45, 2.75) is 114 Å². The zero-order valence-corrected chi connectivity index (χ0v) is 31.1. The normalized spacial score (nSPS) is 29.3. The van der Waals surface area contributed by atoms with Crippen LogP contribution in [-0.4, -0.2) is 157 Å². The van der Waals surface area contributed by atoms with Crippen LogP contribution in [0, 0.1) is 0 Å². The van der Waals surface area contributed by atoms with Gasteiger partial charge in [-0.05, 0) is 24.3 Å². The van der Waals surface area contributed by atoms with E-state index in [0.29, 0.717) is 5.75 Å². The summed E-state index contributed by atoms with van der Waals surface area (Å²) in [5, 5.41) is 46.8. The van der Waals surface area contributed by atoms with Crippen molar-refractivity contribution in [1.29, 1.82) is 0 Å². The van der Waals surface area contributed by atoms with Gasteiger partial charge in [0.2, 0.25) is 17.8 Å². The molecule has 308 valence electrons. The molecule has 1 amide bonds. The number of hydrogen-bond donors (Lipinski definition) is 5. The van der Waals surface area contributed by atoms with E-state index in [1.165, 1.54) is 31.4 Å². The van der Waals surface area contributed by atoms with Crippen molar-refractivity contribution in [3.05, 3.63) is 24.3 Å². The Morgan fingerprint density at radius 2 is 1.51 bits per heavy atom. The van der Waals surface area contributed by atoms with Crippen LogP contribution in [0.3, 0.4) is 0 Å². The van der Waals surface area contributed by atoms with Crippen molar-refractivity contribution >= 4 is 35.8 Å². The third kappa shape index (κ3) is 11.4. The van der Waals surface area contributed by atoms with Crippen molar-refractivity contribution in [2.75, 3.05) is 27.4 Å². The number of carbonyl (C=O) groups is 6. The van der Waals surface area contributed by atoms with Gasteiger partial charge >= 0.3 is 29.8 Å². The molecule has 3 rings (SSSR count). The zero-order valence-electron chi connectivity index (χ0n) is 31.1. The van der Waals surface area contributed by atoms with Gasteiger partial charge in [-0.15, -0.1) is 0 Å². The predicted octanol–water partition coefficient (Wildman–Crippen LogP) is -2.22. The first-order valence-corrected chi connectivity index (χ1v) is 16.8. The fraction of sp³-hybridized carbons (Fsp3) is 0.647. The van der Waals surface area contributed by atoms with Crippen molar-refractivity contribution < 1.29 is 96.6 Å². The second-order valence-electron chi connectivity index (χ2n) is 12.5. The van der Waals surface area contributed by atoms with Gasteiger partial charge in [0.25, 0.3) is 0 Å². The van der Waals surface area contributed by atoms with Gasteiger partial charge in [-0.25, -0.2) is 4.79 Å². The summed E-state index contributed by atoms with van der Waals surface area (Å²) in [6.45, 7) is 3.41. The lowest BCUT2D eigenvalue weighted by Gasteiger charge is -2.51. The molecule has 0 spiro atoms. The number of carbonyl (C=O) groups excluding carboxylic acids is 6. The number of esters is 5. The zero-order chi connectivity index (χ0) is 41.2. The summed E-state index contributed by atoms with van der Waals surface area (Å²) in [4.78, 5) is 75.3. The molecule has 0 aliphatic carbocycles. The highest BCUT2D eigenvalue weighted by molar-refractivity contribution is 5.81. The Morgan fingerprint density at radius 3 is 2.02 bits per heavy atom. The number of ether oxygens (including phenoxy) is 10. The number of hydrogen-bond acceptors (Lipinski definition) is 20. The summed E-state index contributed by atoms with van der Waals surface area (Å²) in [5.41, 5.74) is -2.84. The average Bonchev–Trinajstić information content (AvgIpc) is 3.11. The lowest BCUT2D eigenvalue weighted by atomic mass is 9.82. The SMILES string of the molecule is COC(=O)[C@@]1([C@H](O)O[C@H]2[C@@H](O)[C@@H](CO)O[C@@H](Oc3ccc(OC)cc3)[C@@H]2O)C[C@H](OC(C)=O)[C@@H](NC(C)=O)[C@H]([C@H](OC(C)=O)[C@@H](COC(C)=O)OC(C)=O)O1. The van der Waals surface area contributed by atoms with Crippen LogP contribution in [-0.2, 0) is 66.7 Å². The van der Waals surface area contributed by atoms with Crippen molar-refractivity contribution in [2.24, 2.45) is 0 Å². The third-order valence-electron chi connectivity index (χ3n) is 8.40. The van der Waals surface area contributed by atoms with Crippen LogP contribution in [0.2, 0.25) is 0 Å². The summed E-state index contributed by atoms with van der Waals surface area (Å²) in [5.74, 6) is -5.36. The molecule has 1 aromatic carbocycles. The molecule has 21 nitrogen and oxygen atoms in total. The molecular weight excluding hydrogens is 742 g/mol. The molecule has 2 fully saturated rings. The third-order valence-corrected chi connectivity index (χ3v) is 8.40. The number of rotatable bonds is 16. The van der Waals surface area contributed by atoms with Crippen LogP contribution < -0.4 is 14.8 Å². The summed E-state index contributed by atoms with van der Waals surface area (Å²) in [7, 11) is 2.33. The summed E-state index contributed by atoms with van der Waals surface area (Å²) < 4.78 is 54.7. The van der Waals surface area contributed by atoms with E-state index in [9.17, 15) is 49.2 Å². The fourth-order valence-electron chi connectivity index (χ4n) is 6.09. The molecule has 21 heteroatoms. The van der Waals surface area contributed by atoms with E-state index in [1.54, 1.807) is 0 Å². The Hall–Kier alpha value is -4.64. The van der Waals surface area contributed by atoms with E-state index in [4.69, 9.17) is 47.4 Å².